The van der Waals surface area contributed by atoms with Gasteiger partial charge in [-0.2, -0.15) is 0 Å². The van der Waals surface area contributed by atoms with E-state index in [-0.39, 0.29) is 16.2 Å². The van der Waals surface area contributed by atoms with Gasteiger partial charge in [0.05, 0.1) is 0 Å². The largest absolute Gasteiger partial charge is 0.456 e. The summed E-state index contributed by atoms with van der Waals surface area (Å²) >= 11 is 0. The molecule has 0 aliphatic carbocycles. The van der Waals surface area contributed by atoms with Crippen molar-refractivity contribution in [3.8, 4) is 44.5 Å². The van der Waals surface area contributed by atoms with Gasteiger partial charge in [0.15, 0.2) is 0 Å². The highest BCUT2D eigenvalue weighted by molar-refractivity contribution is 6.15. The number of fused-ring (bicyclic) bond motifs is 9. The molecule has 0 amide bonds. The van der Waals surface area contributed by atoms with Crippen LogP contribution in [0.2, 0.25) is 0 Å². The zero-order valence-electron chi connectivity index (χ0n) is 37.7. The van der Waals surface area contributed by atoms with Crippen LogP contribution < -0.4 is 0 Å². The van der Waals surface area contributed by atoms with E-state index in [4.69, 9.17) is 13.3 Å². The van der Waals surface area contributed by atoms with Crippen molar-refractivity contribution < 1.29 is 13.3 Å². The monoisotopic (exact) mass is 820 g/mol. The predicted molar refractivity (Wildman–Crippen MR) is 266 cm³/mol. The normalized spacial score (nSPS) is 12.8. The molecule has 0 saturated carbocycles. The number of hydrogen-bond acceptors (Lipinski definition) is 3. The number of hydrogen-bond donors (Lipinski definition) is 0. The number of para-hydroxylation sites is 3. The molecule has 0 N–H and O–H groups in total. The summed E-state index contributed by atoms with van der Waals surface area (Å²) < 4.78 is 20.3. The van der Waals surface area contributed by atoms with Gasteiger partial charge in [-0.25, -0.2) is 0 Å². The SMILES string of the molecule is CC(C)(C)c1cccc(-c2cccc3oc4cc(-c5cc(-c6cccc(-c7cccc8c7oc7ccccc78)c6C(C)(C)C)c6oc7ccccc7c6c5)ccc4c23)c1C(C)(C)C. The van der Waals surface area contributed by atoms with Gasteiger partial charge in [-0.05, 0) is 109 Å². The Morgan fingerprint density at radius 2 is 0.825 bits per heavy atom. The summed E-state index contributed by atoms with van der Waals surface area (Å²) in [7, 11) is 0. The van der Waals surface area contributed by atoms with Crippen molar-refractivity contribution in [2.75, 3.05) is 0 Å². The zero-order chi connectivity index (χ0) is 43.6. The van der Waals surface area contributed by atoms with E-state index in [0.29, 0.717) is 0 Å². The summed E-state index contributed by atoms with van der Waals surface area (Å²) in [5.74, 6) is 0. The second-order valence-corrected chi connectivity index (χ2v) is 20.5. The van der Waals surface area contributed by atoms with Gasteiger partial charge in [0.25, 0.3) is 0 Å². The smallest absolute Gasteiger partial charge is 0.143 e. The average molecular weight is 821 g/mol. The van der Waals surface area contributed by atoms with Gasteiger partial charge < -0.3 is 13.3 Å². The first-order chi connectivity index (χ1) is 30.1. The van der Waals surface area contributed by atoms with Crippen LogP contribution in [0.25, 0.3) is 110 Å². The Labute approximate surface area is 369 Å². The summed E-state index contributed by atoms with van der Waals surface area (Å²) in [5, 5.41) is 6.69. The average Bonchev–Trinajstić information content (AvgIpc) is 3.95. The van der Waals surface area contributed by atoms with Crippen LogP contribution in [-0.2, 0) is 16.2 Å². The Morgan fingerprint density at radius 3 is 1.51 bits per heavy atom. The van der Waals surface area contributed by atoms with Crippen LogP contribution in [0.5, 0.6) is 0 Å². The standard InChI is InChI=1S/C60H52O3/c1-58(2,3)48-26-16-23-40(55(48)60(7,8)9)39-20-17-29-51-53(39)45-31-30-35(34-52(45)61-51)36-32-46-38-19-11-13-28-50(38)63-57(46)47(33-36)42-22-14-21-41(54(42)59(4,5)6)44-25-15-24-43-37-18-10-12-27-49(37)62-56(43)44/h10-34H,1-9H3. The molecule has 11 rings (SSSR count). The van der Waals surface area contributed by atoms with Gasteiger partial charge in [0, 0.05) is 43.4 Å². The van der Waals surface area contributed by atoms with Crippen LogP contribution in [-0.4, -0.2) is 0 Å². The fraction of sp³-hybridized carbons (Fsp3) is 0.200. The van der Waals surface area contributed by atoms with Gasteiger partial charge in [-0.3, -0.25) is 0 Å². The Balaban J connectivity index is 1.14. The number of benzene rings is 8. The lowest BCUT2D eigenvalue weighted by atomic mass is 9.72. The molecular formula is C60H52O3. The third-order valence-corrected chi connectivity index (χ3v) is 13.0. The quantitative estimate of drug-likeness (QED) is 0.178. The first-order valence-electron chi connectivity index (χ1n) is 22.2. The molecule has 8 aromatic carbocycles. The molecule has 0 radical (unpaired) electrons. The van der Waals surface area contributed by atoms with E-state index in [0.717, 1.165) is 99.2 Å². The number of rotatable bonds is 4. The molecule has 3 aromatic heterocycles. The predicted octanol–water partition coefficient (Wildman–Crippen LogP) is 17.9. The molecule has 3 nitrogen and oxygen atoms in total. The molecule has 0 aliphatic rings. The van der Waals surface area contributed by atoms with Crippen molar-refractivity contribution in [1.82, 2.24) is 0 Å². The Hall–Kier alpha value is -6.84. The van der Waals surface area contributed by atoms with E-state index < -0.39 is 0 Å². The minimum atomic E-state index is -0.238. The second-order valence-electron chi connectivity index (χ2n) is 20.5. The first kappa shape index (κ1) is 39.0. The molecule has 3 heteroatoms. The van der Waals surface area contributed by atoms with Crippen molar-refractivity contribution in [3.05, 3.63) is 168 Å². The van der Waals surface area contributed by atoms with Gasteiger partial charge in [0.1, 0.15) is 33.5 Å². The van der Waals surface area contributed by atoms with Crippen molar-refractivity contribution in [2.45, 2.75) is 78.6 Å². The third kappa shape index (κ3) is 6.23. The topological polar surface area (TPSA) is 39.4 Å². The van der Waals surface area contributed by atoms with Gasteiger partial charge >= 0.3 is 0 Å². The summed E-state index contributed by atoms with van der Waals surface area (Å²) in [6.45, 7) is 20.9. The Morgan fingerprint density at radius 1 is 0.302 bits per heavy atom. The van der Waals surface area contributed by atoms with Gasteiger partial charge in [-0.1, -0.05) is 172 Å². The van der Waals surface area contributed by atoms with E-state index in [2.05, 4.69) is 202 Å². The highest BCUT2D eigenvalue weighted by Crippen LogP contribution is 2.49. The van der Waals surface area contributed by atoms with Crippen LogP contribution in [0.3, 0.4) is 0 Å². The number of furan rings is 3. The first-order valence-corrected chi connectivity index (χ1v) is 22.2. The summed E-state index contributed by atoms with van der Waals surface area (Å²) in [6, 6.07) is 54.6. The van der Waals surface area contributed by atoms with Gasteiger partial charge in [0.2, 0.25) is 0 Å². The molecule has 0 saturated heterocycles. The minimum Gasteiger partial charge on any atom is -0.456 e. The lowest BCUT2D eigenvalue weighted by Crippen LogP contribution is -2.23. The molecule has 0 unspecified atom stereocenters. The lowest BCUT2D eigenvalue weighted by Gasteiger charge is -2.32. The van der Waals surface area contributed by atoms with E-state index in [9.17, 15) is 0 Å². The van der Waals surface area contributed by atoms with Crippen LogP contribution in [0, 0.1) is 0 Å². The summed E-state index contributed by atoms with van der Waals surface area (Å²) in [4.78, 5) is 0. The van der Waals surface area contributed by atoms with E-state index in [1.165, 1.54) is 27.8 Å². The van der Waals surface area contributed by atoms with Crippen LogP contribution in [0.15, 0.2) is 165 Å². The van der Waals surface area contributed by atoms with E-state index in [1.807, 2.05) is 12.1 Å². The Kier molecular flexibility index (Phi) is 8.57. The molecule has 3 heterocycles. The highest BCUT2D eigenvalue weighted by Gasteiger charge is 2.30. The maximum Gasteiger partial charge on any atom is 0.143 e. The van der Waals surface area contributed by atoms with E-state index >= 15 is 0 Å². The van der Waals surface area contributed by atoms with Crippen molar-refractivity contribution in [3.63, 3.8) is 0 Å². The molecule has 0 aliphatic heterocycles. The van der Waals surface area contributed by atoms with Gasteiger partial charge in [-0.15, -0.1) is 0 Å². The van der Waals surface area contributed by atoms with Crippen molar-refractivity contribution in [2.24, 2.45) is 0 Å². The molecular weight excluding hydrogens is 769 g/mol. The molecule has 0 fully saturated rings. The second kappa shape index (κ2) is 13.8. The fourth-order valence-electron chi connectivity index (χ4n) is 10.4. The van der Waals surface area contributed by atoms with Crippen molar-refractivity contribution in [1.29, 1.82) is 0 Å². The molecule has 310 valence electrons. The summed E-state index contributed by atoms with van der Waals surface area (Å²) in [6.07, 6.45) is 0. The highest BCUT2D eigenvalue weighted by atomic mass is 16.3. The van der Waals surface area contributed by atoms with Crippen LogP contribution in [0.4, 0.5) is 0 Å². The molecule has 0 bridgehead atoms. The van der Waals surface area contributed by atoms with Crippen LogP contribution in [0.1, 0.15) is 79.0 Å². The van der Waals surface area contributed by atoms with E-state index in [1.54, 1.807) is 0 Å². The fourth-order valence-corrected chi connectivity index (χ4v) is 10.4. The maximum atomic E-state index is 6.84. The minimum absolute atomic E-state index is 0.00229. The third-order valence-electron chi connectivity index (χ3n) is 13.0. The molecule has 0 spiro atoms. The molecule has 63 heavy (non-hydrogen) atoms. The summed E-state index contributed by atoms with van der Waals surface area (Å²) in [5.41, 5.74) is 18.1. The zero-order valence-corrected chi connectivity index (χ0v) is 37.7. The maximum absolute atomic E-state index is 6.84. The molecule has 0 atom stereocenters. The van der Waals surface area contributed by atoms with Crippen molar-refractivity contribution >= 4 is 65.8 Å². The van der Waals surface area contributed by atoms with Crippen LogP contribution >= 0.6 is 0 Å². The molecule has 11 aromatic rings. The Bertz CT molecular complexity index is 3620. The lowest BCUT2D eigenvalue weighted by molar-refractivity contribution is 0.531.